The third-order valence-electron chi connectivity index (χ3n) is 6.73. The molecule has 196 valence electrons. The maximum absolute atomic E-state index is 13.1. The highest BCUT2D eigenvalue weighted by Gasteiger charge is 2.36. The molecule has 0 bridgehead atoms. The van der Waals surface area contributed by atoms with Crippen LogP contribution in [0.1, 0.15) is 37.8 Å². The molecule has 0 aromatic carbocycles. The number of carbonyl (C=O) groups is 1. The van der Waals surface area contributed by atoms with Crippen LogP contribution in [0.2, 0.25) is 0 Å². The number of ether oxygens (including phenoxy) is 1. The molecule has 1 N–H and O–H groups in total. The van der Waals surface area contributed by atoms with Crippen LogP contribution in [0.25, 0.3) is 0 Å². The lowest BCUT2D eigenvalue weighted by Crippen LogP contribution is -2.62. The number of rotatable bonds is 5. The number of halogens is 3. The second kappa shape index (κ2) is 10.9. The van der Waals surface area contributed by atoms with Crippen LogP contribution >= 0.6 is 0 Å². The number of hydrogen-bond acceptors (Lipinski definition) is 7. The molecule has 36 heavy (non-hydrogen) atoms. The molecule has 4 heterocycles. The summed E-state index contributed by atoms with van der Waals surface area (Å²) in [5.41, 5.74) is 0.243. The molecule has 0 spiro atoms. The molecule has 2 aromatic heterocycles. The molecule has 0 aliphatic carbocycles. The molecule has 2 amide bonds. The summed E-state index contributed by atoms with van der Waals surface area (Å²) in [6.07, 6.45) is 0.668. The maximum Gasteiger partial charge on any atom is 0.419 e. The number of aromatic nitrogens is 3. The largest absolute Gasteiger partial charge is 0.481 e. The fourth-order valence-electron chi connectivity index (χ4n) is 4.89. The van der Waals surface area contributed by atoms with Crippen molar-refractivity contribution in [1.82, 2.24) is 30.1 Å². The van der Waals surface area contributed by atoms with Crippen LogP contribution in [0.15, 0.2) is 30.7 Å². The van der Waals surface area contributed by atoms with Gasteiger partial charge in [0, 0.05) is 75.5 Å². The summed E-state index contributed by atoms with van der Waals surface area (Å²) >= 11 is 0. The van der Waals surface area contributed by atoms with Gasteiger partial charge in [0.1, 0.15) is 0 Å². The molecule has 2 aliphatic heterocycles. The van der Waals surface area contributed by atoms with E-state index in [0.717, 1.165) is 50.4 Å². The van der Waals surface area contributed by atoms with Crippen LogP contribution in [0.3, 0.4) is 0 Å². The SMILES string of the molecule is COc1ccc(CN2CCC(NC(=O)N3[C@H](C)CN(c4ncc(C(F)(F)F)cn4)C[C@@H]3C)CC2)cn1. The maximum atomic E-state index is 13.1. The molecule has 2 aliphatic rings. The van der Waals surface area contributed by atoms with E-state index >= 15 is 0 Å². The molecule has 4 rings (SSSR count). The van der Waals surface area contributed by atoms with E-state index in [2.05, 4.69) is 25.2 Å². The number of carbonyl (C=O) groups excluding carboxylic acids is 1. The Morgan fingerprint density at radius 2 is 1.69 bits per heavy atom. The van der Waals surface area contributed by atoms with E-state index in [4.69, 9.17) is 4.74 Å². The van der Waals surface area contributed by atoms with E-state index < -0.39 is 11.7 Å². The molecule has 2 atom stereocenters. The third-order valence-corrected chi connectivity index (χ3v) is 6.73. The van der Waals surface area contributed by atoms with E-state index in [9.17, 15) is 18.0 Å². The number of nitrogens with one attached hydrogen (secondary N) is 1. The molecule has 2 aromatic rings. The summed E-state index contributed by atoms with van der Waals surface area (Å²) in [4.78, 5) is 31.2. The zero-order valence-corrected chi connectivity index (χ0v) is 20.7. The van der Waals surface area contributed by atoms with Crippen LogP contribution < -0.4 is 15.0 Å². The molecule has 2 saturated heterocycles. The first kappa shape index (κ1) is 25.9. The first-order chi connectivity index (χ1) is 17.1. The third kappa shape index (κ3) is 6.15. The minimum atomic E-state index is -4.47. The van der Waals surface area contributed by atoms with Gasteiger partial charge in [-0.1, -0.05) is 6.07 Å². The Morgan fingerprint density at radius 3 is 2.22 bits per heavy atom. The zero-order valence-electron chi connectivity index (χ0n) is 20.7. The van der Waals surface area contributed by atoms with Crippen molar-refractivity contribution in [2.75, 3.05) is 38.2 Å². The van der Waals surface area contributed by atoms with Gasteiger partial charge >= 0.3 is 12.2 Å². The van der Waals surface area contributed by atoms with E-state index in [1.165, 1.54) is 0 Å². The van der Waals surface area contributed by atoms with Gasteiger partial charge in [-0.2, -0.15) is 13.2 Å². The minimum Gasteiger partial charge on any atom is -0.481 e. The van der Waals surface area contributed by atoms with Gasteiger partial charge in [-0.25, -0.2) is 19.7 Å². The zero-order chi connectivity index (χ0) is 25.9. The summed E-state index contributed by atoms with van der Waals surface area (Å²) in [6.45, 7) is 7.30. The predicted molar refractivity (Wildman–Crippen MR) is 128 cm³/mol. The van der Waals surface area contributed by atoms with Gasteiger partial charge in [0.2, 0.25) is 11.8 Å². The van der Waals surface area contributed by atoms with E-state index in [1.807, 2.05) is 42.0 Å². The first-order valence-corrected chi connectivity index (χ1v) is 12.1. The minimum absolute atomic E-state index is 0.0958. The average Bonchev–Trinajstić information content (AvgIpc) is 2.85. The van der Waals surface area contributed by atoms with Crippen LogP contribution in [0.5, 0.6) is 5.88 Å². The topological polar surface area (TPSA) is 86.7 Å². The Bertz CT molecular complexity index is 1000. The molecule has 0 saturated carbocycles. The number of anilines is 1. The van der Waals surface area contributed by atoms with E-state index in [0.29, 0.717) is 19.0 Å². The number of likely N-dealkylation sites (tertiary alicyclic amines) is 1. The van der Waals surface area contributed by atoms with Gasteiger partial charge in [-0.15, -0.1) is 0 Å². The van der Waals surface area contributed by atoms with Gasteiger partial charge in [0.05, 0.1) is 12.7 Å². The highest BCUT2D eigenvalue weighted by atomic mass is 19.4. The normalized spacial score (nSPS) is 21.9. The number of pyridine rings is 1. The Kier molecular flexibility index (Phi) is 7.82. The lowest BCUT2D eigenvalue weighted by Gasteiger charge is -2.45. The van der Waals surface area contributed by atoms with E-state index in [-0.39, 0.29) is 30.1 Å². The second-order valence-electron chi connectivity index (χ2n) is 9.49. The monoisotopic (exact) mass is 507 g/mol. The quantitative estimate of drug-likeness (QED) is 0.665. The van der Waals surface area contributed by atoms with Crippen LogP contribution in [0.4, 0.5) is 23.9 Å². The van der Waals surface area contributed by atoms with Crippen molar-refractivity contribution < 1.29 is 22.7 Å². The van der Waals surface area contributed by atoms with Crippen molar-refractivity contribution in [3.63, 3.8) is 0 Å². The van der Waals surface area contributed by atoms with E-state index in [1.54, 1.807) is 7.11 Å². The summed E-state index contributed by atoms with van der Waals surface area (Å²) < 4.78 is 43.5. The number of piperazine rings is 1. The van der Waals surface area contributed by atoms with Crippen molar-refractivity contribution in [2.24, 2.45) is 0 Å². The number of amides is 2. The summed E-state index contributed by atoms with van der Waals surface area (Å²) in [5.74, 6) is 0.831. The highest BCUT2D eigenvalue weighted by molar-refractivity contribution is 5.75. The summed E-state index contributed by atoms with van der Waals surface area (Å²) in [7, 11) is 1.59. The van der Waals surface area contributed by atoms with Gasteiger partial charge in [-0.05, 0) is 32.3 Å². The summed E-state index contributed by atoms with van der Waals surface area (Å²) in [6, 6.07) is 3.55. The molecule has 12 heteroatoms. The fraction of sp³-hybridized carbons (Fsp3) is 0.583. The smallest absolute Gasteiger partial charge is 0.419 e. The van der Waals surface area contributed by atoms with Crippen molar-refractivity contribution >= 4 is 12.0 Å². The first-order valence-electron chi connectivity index (χ1n) is 12.1. The molecular formula is C24H32F3N7O2. The van der Waals surface area contributed by atoms with Gasteiger partial charge < -0.3 is 19.9 Å². The lowest BCUT2D eigenvalue weighted by atomic mass is 10.0. The average molecular weight is 508 g/mol. The number of methoxy groups -OCH3 is 1. The van der Waals surface area contributed by atoms with Gasteiger partial charge in [0.15, 0.2) is 0 Å². The number of nitrogens with zero attached hydrogens (tertiary/aromatic N) is 6. The van der Waals surface area contributed by atoms with Crippen molar-refractivity contribution in [2.45, 2.75) is 57.5 Å². The van der Waals surface area contributed by atoms with Crippen LogP contribution in [0, 0.1) is 0 Å². The van der Waals surface area contributed by atoms with Gasteiger partial charge in [0.25, 0.3) is 0 Å². The van der Waals surface area contributed by atoms with Crippen LogP contribution in [-0.4, -0.2) is 82.2 Å². The Labute approximate surface area is 208 Å². The Hall–Kier alpha value is -3.15. The molecule has 2 fully saturated rings. The van der Waals surface area contributed by atoms with Gasteiger partial charge in [-0.3, -0.25) is 4.90 Å². The highest BCUT2D eigenvalue weighted by Crippen LogP contribution is 2.29. The standard InChI is InChI=1S/C24H32F3N7O2/c1-16-13-33(22-29-11-19(12-30-22)24(25,26)27)14-17(2)34(16)23(35)31-20-6-8-32(9-7-20)15-18-4-5-21(36-3)28-10-18/h4-5,10-12,16-17,20H,6-9,13-15H2,1-3H3,(H,31,35)/t16-,17+. The van der Waals surface area contributed by atoms with Crippen LogP contribution in [-0.2, 0) is 12.7 Å². The summed E-state index contributed by atoms with van der Waals surface area (Å²) in [5, 5.41) is 3.18. The predicted octanol–water partition coefficient (Wildman–Crippen LogP) is 3.17. The molecule has 9 nitrogen and oxygen atoms in total. The Balaban J connectivity index is 1.26. The molecule has 0 radical (unpaired) electrons. The lowest BCUT2D eigenvalue weighted by molar-refractivity contribution is -0.138. The van der Waals surface area contributed by atoms with Crippen molar-refractivity contribution in [1.29, 1.82) is 0 Å². The molecule has 0 unspecified atom stereocenters. The number of piperidine rings is 1. The fourth-order valence-corrected chi connectivity index (χ4v) is 4.89. The van der Waals surface area contributed by atoms with Crippen molar-refractivity contribution in [3.8, 4) is 5.88 Å². The Morgan fingerprint density at radius 1 is 1.06 bits per heavy atom. The molecular weight excluding hydrogens is 475 g/mol. The number of alkyl halides is 3. The second-order valence-corrected chi connectivity index (χ2v) is 9.49. The van der Waals surface area contributed by atoms with Crippen molar-refractivity contribution in [3.05, 3.63) is 41.9 Å². The number of hydrogen-bond donors (Lipinski definition) is 1. The number of urea groups is 1.